The van der Waals surface area contributed by atoms with Gasteiger partial charge in [-0.15, -0.1) is 0 Å². The molecule has 16 heavy (non-hydrogen) atoms. The summed E-state index contributed by atoms with van der Waals surface area (Å²) in [6.45, 7) is 2.82. The lowest BCUT2D eigenvalue weighted by atomic mass is 10.2. The lowest BCUT2D eigenvalue weighted by molar-refractivity contribution is 1.03. The topological polar surface area (TPSA) is 24.9 Å². The van der Waals surface area contributed by atoms with Gasteiger partial charge in [-0.1, -0.05) is 18.2 Å². The molecule has 0 bridgehead atoms. The number of benzene rings is 1. The van der Waals surface area contributed by atoms with E-state index in [0.717, 1.165) is 22.5 Å². The van der Waals surface area contributed by atoms with Crippen molar-refractivity contribution in [3.63, 3.8) is 0 Å². The highest BCUT2D eigenvalue weighted by Crippen LogP contribution is 2.12. The second-order valence-corrected chi connectivity index (χ2v) is 4.49. The summed E-state index contributed by atoms with van der Waals surface area (Å²) in [5.41, 5.74) is 3.41. The van der Waals surface area contributed by atoms with Crippen LogP contribution >= 0.6 is 15.9 Å². The van der Waals surface area contributed by atoms with Crippen LogP contribution in [0.1, 0.15) is 11.3 Å². The molecule has 0 atom stereocenters. The Kier molecular flexibility index (Phi) is 3.57. The molecular formula is C13H13BrN2. The van der Waals surface area contributed by atoms with Crippen LogP contribution < -0.4 is 5.32 Å². The van der Waals surface area contributed by atoms with Gasteiger partial charge in [0.2, 0.25) is 0 Å². The van der Waals surface area contributed by atoms with Crippen LogP contribution in [0, 0.1) is 6.92 Å². The van der Waals surface area contributed by atoms with Gasteiger partial charge in [0.25, 0.3) is 0 Å². The molecule has 2 rings (SSSR count). The van der Waals surface area contributed by atoms with E-state index in [4.69, 9.17) is 0 Å². The molecule has 1 heterocycles. The zero-order valence-electron chi connectivity index (χ0n) is 9.07. The van der Waals surface area contributed by atoms with Gasteiger partial charge in [0.05, 0.1) is 12.2 Å². The molecule has 0 spiro atoms. The molecule has 0 unspecified atom stereocenters. The van der Waals surface area contributed by atoms with Gasteiger partial charge < -0.3 is 5.32 Å². The largest absolute Gasteiger partial charge is 0.379 e. The van der Waals surface area contributed by atoms with E-state index in [1.807, 2.05) is 24.3 Å². The number of hydrogen-bond donors (Lipinski definition) is 1. The fourth-order valence-corrected chi connectivity index (χ4v) is 1.88. The quantitative estimate of drug-likeness (QED) is 0.864. The Hall–Kier alpha value is -1.35. The summed E-state index contributed by atoms with van der Waals surface area (Å²) < 4.78 is 0.871. The summed E-state index contributed by atoms with van der Waals surface area (Å²) >= 11 is 3.36. The molecule has 3 heteroatoms. The number of nitrogens with one attached hydrogen (secondary N) is 1. The first-order valence-electron chi connectivity index (χ1n) is 5.16. The number of hydrogen-bond acceptors (Lipinski definition) is 2. The molecule has 0 amide bonds. The Morgan fingerprint density at radius 2 is 2.00 bits per heavy atom. The van der Waals surface area contributed by atoms with Gasteiger partial charge in [-0.05, 0) is 52.7 Å². The molecule has 1 N–H and O–H groups in total. The van der Waals surface area contributed by atoms with Crippen LogP contribution in [0.15, 0.2) is 47.1 Å². The Bertz CT molecular complexity index is 437. The number of anilines is 1. The first-order chi connectivity index (χ1) is 7.74. The molecule has 0 aliphatic rings. The maximum Gasteiger partial charge on any atom is 0.106 e. The first kappa shape index (κ1) is 11.1. The maximum absolute atomic E-state index is 4.36. The Labute approximate surface area is 104 Å². The number of aromatic nitrogens is 1. The minimum absolute atomic E-state index is 0.739. The molecule has 1 aromatic carbocycles. The fourth-order valence-electron chi connectivity index (χ4n) is 1.50. The van der Waals surface area contributed by atoms with E-state index in [9.17, 15) is 0 Å². The second kappa shape index (κ2) is 5.12. The molecular weight excluding hydrogens is 264 g/mol. The average molecular weight is 277 g/mol. The van der Waals surface area contributed by atoms with Crippen molar-refractivity contribution in [2.75, 3.05) is 5.32 Å². The summed E-state index contributed by atoms with van der Waals surface area (Å²) in [5.74, 6) is 0. The Morgan fingerprint density at radius 1 is 1.19 bits per heavy atom. The van der Waals surface area contributed by atoms with Gasteiger partial charge in [-0.25, -0.2) is 4.98 Å². The molecule has 1 aromatic heterocycles. The van der Waals surface area contributed by atoms with E-state index in [2.05, 4.69) is 51.4 Å². The molecule has 0 radical (unpaired) electrons. The fraction of sp³-hybridized carbons (Fsp3) is 0.154. The van der Waals surface area contributed by atoms with Crippen molar-refractivity contribution >= 4 is 21.6 Å². The van der Waals surface area contributed by atoms with E-state index >= 15 is 0 Å². The van der Waals surface area contributed by atoms with Gasteiger partial charge in [-0.3, -0.25) is 0 Å². The summed E-state index contributed by atoms with van der Waals surface area (Å²) in [4.78, 5) is 4.36. The van der Waals surface area contributed by atoms with Gasteiger partial charge in [0.15, 0.2) is 0 Å². The normalized spacial score (nSPS) is 10.1. The smallest absolute Gasteiger partial charge is 0.106 e. The summed E-state index contributed by atoms with van der Waals surface area (Å²) in [7, 11) is 0. The lowest BCUT2D eigenvalue weighted by Crippen LogP contribution is -2.01. The van der Waals surface area contributed by atoms with Crippen LogP contribution in [-0.4, -0.2) is 4.98 Å². The highest BCUT2D eigenvalue weighted by Gasteiger charge is 1.96. The van der Waals surface area contributed by atoms with Gasteiger partial charge >= 0.3 is 0 Å². The average Bonchev–Trinajstić information content (AvgIpc) is 2.27. The minimum atomic E-state index is 0.739. The molecule has 0 saturated carbocycles. The molecule has 82 valence electrons. The number of halogens is 1. The van der Waals surface area contributed by atoms with E-state index in [1.54, 1.807) is 0 Å². The third kappa shape index (κ3) is 3.07. The van der Waals surface area contributed by atoms with Crippen molar-refractivity contribution in [1.82, 2.24) is 4.98 Å². The van der Waals surface area contributed by atoms with Crippen molar-refractivity contribution in [1.29, 1.82) is 0 Å². The number of aryl methyl sites for hydroxylation is 1. The van der Waals surface area contributed by atoms with Gasteiger partial charge in [-0.2, -0.15) is 0 Å². The Balaban J connectivity index is 2.02. The third-order valence-corrected chi connectivity index (χ3v) is 2.71. The summed E-state index contributed by atoms with van der Waals surface area (Å²) in [6.07, 6.45) is 0. The number of nitrogens with zero attached hydrogens (tertiary/aromatic N) is 1. The van der Waals surface area contributed by atoms with Gasteiger partial charge in [0.1, 0.15) is 4.60 Å². The highest BCUT2D eigenvalue weighted by molar-refractivity contribution is 9.10. The molecule has 0 aliphatic carbocycles. The number of rotatable bonds is 3. The SMILES string of the molecule is Cc1cccc(NCc2cccc(Br)n2)c1. The summed E-state index contributed by atoms with van der Waals surface area (Å²) in [5, 5.41) is 3.35. The van der Waals surface area contributed by atoms with E-state index < -0.39 is 0 Å². The summed E-state index contributed by atoms with van der Waals surface area (Å²) in [6, 6.07) is 14.2. The molecule has 0 aliphatic heterocycles. The second-order valence-electron chi connectivity index (χ2n) is 3.67. The van der Waals surface area contributed by atoms with Crippen LogP contribution in [0.25, 0.3) is 0 Å². The van der Waals surface area contributed by atoms with Crippen LogP contribution in [0.2, 0.25) is 0 Å². The third-order valence-electron chi connectivity index (χ3n) is 2.26. The predicted octanol–water partition coefficient (Wildman–Crippen LogP) is 3.76. The van der Waals surface area contributed by atoms with Crippen LogP contribution in [0.3, 0.4) is 0 Å². The number of pyridine rings is 1. The highest BCUT2D eigenvalue weighted by atomic mass is 79.9. The van der Waals surface area contributed by atoms with Crippen molar-refractivity contribution in [2.45, 2.75) is 13.5 Å². The van der Waals surface area contributed by atoms with Crippen molar-refractivity contribution in [2.24, 2.45) is 0 Å². The van der Waals surface area contributed by atoms with Crippen LogP contribution in [0.5, 0.6) is 0 Å². The van der Waals surface area contributed by atoms with Crippen LogP contribution in [-0.2, 0) is 6.54 Å². The van der Waals surface area contributed by atoms with Crippen LogP contribution in [0.4, 0.5) is 5.69 Å². The molecule has 2 nitrogen and oxygen atoms in total. The zero-order chi connectivity index (χ0) is 11.4. The minimum Gasteiger partial charge on any atom is -0.379 e. The van der Waals surface area contributed by atoms with Crippen molar-refractivity contribution < 1.29 is 0 Å². The van der Waals surface area contributed by atoms with Crippen molar-refractivity contribution in [3.8, 4) is 0 Å². The molecule has 0 saturated heterocycles. The first-order valence-corrected chi connectivity index (χ1v) is 5.95. The van der Waals surface area contributed by atoms with E-state index in [0.29, 0.717) is 0 Å². The van der Waals surface area contributed by atoms with Gasteiger partial charge in [0, 0.05) is 5.69 Å². The standard InChI is InChI=1S/C13H13BrN2/c1-10-4-2-5-11(8-10)15-9-12-6-3-7-13(14)16-12/h2-8,15H,9H2,1H3. The van der Waals surface area contributed by atoms with E-state index in [-0.39, 0.29) is 0 Å². The van der Waals surface area contributed by atoms with E-state index in [1.165, 1.54) is 5.56 Å². The molecule has 2 aromatic rings. The Morgan fingerprint density at radius 3 is 2.75 bits per heavy atom. The monoisotopic (exact) mass is 276 g/mol. The molecule has 0 fully saturated rings. The maximum atomic E-state index is 4.36. The predicted molar refractivity (Wildman–Crippen MR) is 70.4 cm³/mol. The zero-order valence-corrected chi connectivity index (χ0v) is 10.7. The van der Waals surface area contributed by atoms with Crippen molar-refractivity contribution in [3.05, 3.63) is 58.3 Å². The lowest BCUT2D eigenvalue weighted by Gasteiger charge is -2.06.